The number of carbonyl (C=O) groups excluding carboxylic acids is 1. The lowest BCUT2D eigenvalue weighted by Gasteiger charge is -2.22. The smallest absolute Gasteiger partial charge is 0.290 e. The quantitative estimate of drug-likeness (QED) is 0.868. The van der Waals surface area contributed by atoms with Crippen molar-refractivity contribution >= 4 is 17.2 Å². The first-order valence-corrected chi connectivity index (χ1v) is 7.88. The van der Waals surface area contributed by atoms with Crippen LogP contribution >= 0.6 is 11.3 Å². The van der Waals surface area contributed by atoms with E-state index in [9.17, 15) is 9.59 Å². The van der Waals surface area contributed by atoms with Crippen LogP contribution in [-0.2, 0) is 0 Å². The van der Waals surface area contributed by atoms with Gasteiger partial charge in [0.15, 0.2) is 5.76 Å². The van der Waals surface area contributed by atoms with Gasteiger partial charge in [-0.15, -0.1) is 11.3 Å². The maximum absolute atomic E-state index is 12.6. The molecule has 2 aromatic rings. The fourth-order valence-corrected chi connectivity index (χ4v) is 3.31. The zero-order chi connectivity index (χ0) is 15.7. The molecule has 0 aliphatic carbocycles. The van der Waals surface area contributed by atoms with Crippen molar-refractivity contribution in [3.8, 4) is 5.75 Å². The van der Waals surface area contributed by atoms with Crippen LogP contribution in [0.3, 0.4) is 0 Å². The topological polar surface area (TPSA) is 72.6 Å². The Morgan fingerprint density at radius 2 is 2.36 bits per heavy atom. The minimum atomic E-state index is -0.364. The number of hydrogen-bond donors (Lipinski definition) is 0. The second-order valence-electron chi connectivity index (χ2n) is 5.12. The number of likely N-dealkylation sites (tertiary alicyclic amines) is 1. The van der Waals surface area contributed by atoms with E-state index in [0.717, 1.165) is 23.5 Å². The highest BCUT2D eigenvalue weighted by Gasteiger charge is 2.33. The molecule has 7 heteroatoms. The number of rotatable bonds is 3. The van der Waals surface area contributed by atoms with Gasteiger partial charge in [-0.3, -0.25) is 9.59 Å². The molecule has 0 bridgehead atoms. The third kappa shape index (κ3) is 2.64. The molecular weight excluding hydrogens is 304 g/mol. The molecule has 3 heterocycles. The van der Waals surface area contributed by atoms with Crippen molar-refractivity contribution in [1.82, 2.24) is 9.88 Å². The molecule has 0 aromatic carbocycles. The van der Waals surface area contributed by atoms with E-state index in [4.69, 9.17) is 9.15 Å². The Labute approximate surface area is 131 Å². The van der Waals surface area contributed by atoms with Gasteiger partial charge in [-0.1, -0.05) is 0 Å². The highest BCUT2D eigenvalue weighted by molar-refractivity contribution is 7.09. The van der Waals surface area contributed by atoms with E-state index in [2.05, 4.69) is 4.98 Å². The van der Waals surface area contributed by atoms with Crippen LogP contribution in [0.25, 0.3) is 0 Å². The Morgan fingerprint density at radius 1 is 1.55 bits per heavy atom. The Morgan fingerprint density at radius 3 is 3.00 bits per heavy atom. The van der Waals surface area contributed by atoms with Crippen molar-refractivity contribution < 1.29 is 13.9 Å². The molecule has 1 unspecified atom stereocenters. The minimum absolute atomic E-state index is 0.0321. The summed E-state index contributed by atoms with van der Waals surface area (Å²) >= 11 is 1.57. The van der Waals surface area contributed by atoms with Crippen LogP contribution < -0.4 is 10.2 Å². The lowest BCUT2D eigenvalue weighted by molar-refractivity contribution is 0.0697. The summed E-state index contributed by atoms with van der Waals surface area (Å²) in [6.45, 7) is 2.58. The molecule has 6 nitrogen and oxygen atoms in total. The highest BCUT2D eigenvalue weighted by atomic mass is 32.1. The van der Waals surface area contributed by atoms with Gasteiger partial charge in [0, 0.05) is 18.0 Å². The van der Waals surface area contributed by atoms with Gasteiger partial charge in [-0.25, -0.2) is 4.98 Å². The van der Waals surface area contributed by atoms with Gasteiger partial charge in [0.25, 0.3) is 5.91 Å². The number of ether oxygens (including phenoxy) is 1. The van der Waals surface area contributed by atoms with Gasteiger partial charge in [0.2, 0.25) is 11.2 Å². The molecule has 116 valence electrons. The molecule has 0 N–H and O–H groups in total. The molecule has 1 aliphatic heterocycles. The minimum Gasteiger partial charge on any atom is -0.490 e. The van der Waals surface area contributed by atoms with E-state index < -0.39 is 0 Å². The Kier molecular flexibility index (Phi) is 3.98. The van der Waals surface area contributed by atoms with E-state index in [0.29, 0.717) is 6.54 Å². The lowest BCUT2D eigenvalue weighted by Crippen LogP contribution is -2.31. The Balaban J connectivity index is 1.87. The lowest BCUT2D eigenvalue weighted by atomic mass is 10.1. The van der Waals surface area contributed by atoms with Crippen LogP contribution in [0.1, 0.15) is 40.1 Å². The predicted molar refractivity (Wildman–Crippen MR) is 81.4 cm³/mol. The zero-order valence-electron chi connectivity index (χ0n) is 12.4. The van der Waals surface area contributed by atoms with Crippen molar-refractivity contribution in [1.29, 1.82) is 0 Å². The number of thiazole rings is 1. The molecule has 0 radical (unpaired) electrons. The van der Waals surface area contributed by atoms with Crippen molar-refractivity contribution in [3.63, 3.8) is 0 Å². The Bertz CT molecular complexity index is 752. The summed E-state index contributed by atoms with van der Waals surface area (Å²) in [6.07, 6.45) is 2.95. The van der Waals surface area contributed by atoms with Crippen LogP contribution in [-0.4, -0.2) is 29.4 Å². The first-order valence-electron chi connectivity index (χ1n) is 7.00. The molecule has 22 heavy (non-hydrogen) atoms. The summed E-state index contributed by atoms with van der Waals surface area (Å²) in [5.74, 6) is -0.165. The molecule has 1 fully saturated rings. The molecule has 3 rings (SSSR count). The summed E-state index contributed by atoms with van der Waals surface area (Å²) < 4.78 is 10.1. The van der Waals surface area contributed by atoms with Crippen LogP contribution in [0.15, 0.2) is 26.9 Å². The highest BCUT2D eigenvalue weighted by Crippen LogP contribution is 2.33. The van der Waals surface area contributed by atoms with Gasteiger partial charge >= 0.3 is 0 Å². The summed E-state index contributed by atoms with van der Waals surface area (Å²) in [4.78, 5) is 30.6. The van der Waals surface area contributed by atoms with Gasteiger partial charge in [-0.2, -0.15) is 0 Å². The number of methoxy groups -OCH3 is 1. The molecule has 0 saturated carbocycles. The maximum atomic E-state index is 12.6. The summed E-state index contributed by atoms with van der Waals surface area (Å²) in [6, 6.07) is 1.13. The maximum Gasteiger partial charge on any atom is 0.290 e. The van der Waals surface area contributed by atoms with E-state index in [1.807, 2.05) is 12.3 Å². The molecule has 1 amide bonds. The van der Waals surface area contributed by atoms with E-state index >= 15 is 0 Å². The van der Waals surface area contributed by atoms with E-state index in [-0.39, 0.29) is 28.9 Å². The SMILES string of the molecule is COc1coc(C(=O)N2CCCC2c2csc(C)n2)cc1=O. The van der Waals surface area contributed by atoms with Gasteiger partial charge < -0.3 is 14.1 Å². The molecule has 2 aromatic heterocycles. The van der Waals surface area contributed by atoms with Crippen LogP contribution in [0.2, 0.25) is 0 Å². The summed E-state index contributed by atoms with van der Waals surface area (Å²) in [7, 11) is 1.38. The van der Waals surface area contributed by atoms with Crippen molar-refractivity contribution in [2.24, 2.45) is 0 Å². The largest absolute Gasteiger partial charge is 0.490 e. The molecule has 1 aliphatic rings. The second-order valence-corrected chi connectivity index (χ2v) is 6.19. The van der Waals surface area contributed by atoms with Crippen LogP contribution in [0, 0.1) is 6.92 Å². The number of carbonyl (C=O) groups is 1. The second kappa shape index (κ2) is 5.92. The molecule has 1 atom stereocenters. The fraction of sp³-hybridized carbons (Fsp3) is 0.400. The van der Waals surface area contributed by atoms with Crippen LogP contribution in [0.5, 0.6) is 5.75 Å². The predicted octanol–water partition coefficient (Wildman–Crippen LogP) is 2.39. The average Bonchev–Trinajstić information content (AvgIpc) is 3.14. The molecular formula is C15H16N2O4S. The number of aryl methyl sites for hydroxylation is 1. The number of aromatic nitrogens is 1. The first kappa shape index (κ1) is 14.8. The van der Waals surface area contributed by atoms with Crippen molar-refractivity contribution in [3.05, 3.63) is 44.4 Å². The summed E-state index contributed by atoms with van der Waals surface area (Å²) in [5, 5.41) is 2.96. The molecule has 0 spiro atoms. The third-order valence-corrected chi connectivity index (χ3v) is 4.51. The fourth-order valence-electron chi connectivity index (χ4n) is 2.65. The van der Waals surface area contributed by atoms with Gasteiger partial charge in [-0.05, 0) is 19.8 Å². The first-order chi connectivity index (χ1) is 10.6. The molecule has 1 saturated heterocycles. The van der Waals surface area contributed by atoms with E-state index in [1.54, 1.807) is 16.2 Å². The summed E-state index contributed by atoms with van der Waals surface area (Å²) in [5.41, 5.74) is 0.543. The third-order valence-electron chi connectivity index (χ3n) is 3.72. The van der Waals surface area contributed by atoms with Crippen LogP contribution in [0.4, 0.5) is 0 Å². The van der Waals surface area contributed by atoms with Gasteiger partial charge in [0.05, 0.1) is 23.9 Å². The normalized spacial score (nSPS) is 17.7. The Hall–Kier alpha value is -2.15. The average molecular weight is 320 g/mol. The zero-order valence-corrected chi connectivity index (χ0v) is 13.2. The number of amides is 1. The van der Waals surface area contributed by atoms with E-state index in [1.165, 1.54) is 19.4 Å². The monoisotopic (exact) mass is 320 g/mol. The van der Waals surface area contributed by atoms with Gasteiger partial charge in [0.1, 0.15) is 6.26 Å². The van der Waals surface area contributed by atoms with Crippen molar-refractivity contribution in [2.45, 2.75) is 25.8 Å². The number of nitrogens with zero attached hydrogens (tertiary/aromatic N) is 2. The standard InChI is InChI=1S/C15H16N2O4S/c1-9-16-10(8-22-9)11-4-3-5-17(11)15(19)13-6-12(18)14(20-2)7-21-13/h6-8,11H,3-5H2,1-2H3. The number of hydrogen-bond acceptors (Lipinski definition) is 6. The van der Waals surface area contributed by atoms with Crippen molar-refractivity contribution in [2.75, 3.05) is 13.7 Å².